The smallest absolute Gasteiger partial charge is 0.256 e. The molecule has 3 N–H and O–H groups in total. The number of H-pyrrole nitrogens is 1. The molecule has 0 amide bonds. The van der Waals surface area contributed by atoms with Crippen LogP contribution in [0.3, 0.4) is 0 Å². The van der Waals surface area contributed by atoms with Crippen LogP contribution in [0.25, 0.3) is 11.4 Å². The highest BCUT2D eigenvalue weighted by Crippen LogP contribution is 2.24. The highest BCUT2D eigenvalue weighted by Gasteiger charge is 2.11. The van der Waals surface area contributed by atoms with E-state index < -0.39 is 0 Å². The molecule has 1 aromatic carbocycles. The molecular weight excluding hydrogens is 250 g/mol. The number of halogens is 1. The lowest BCUT2D eigenvalue weighted by molar-refractivity contribution is 0.892. The second-order valence-corrected chi connectivity index (χ2v) is 4.42. The van der Waals surface area contributed by atoms with Crippen molar-refractivity contribution in [3.05, 3.63) is 45.2 Å². The number of nitrogen functional groups attached to an aromatic ring is 1. The Labute approximate surface area is 110 Å². The van der Waals surface area contributed by atoms with Gasteiger partial charge in [0.2, 0.25) is 0 Å². The summed E-state index contributed by atoms with van der Waals surface area (Å²) in [6.07, 6.45) is 1.47. The van der Waals surface area contributed by atoms with E-state index in [4.69, 9.17) is 17.3 Å². The van der Waals surface area contributed by atoms with Crippen LogP contribution in [0, 0.1) is 0 Å². The number of hydrogen-bond acceptors (Lipinski definition) is 3. The van der Waals surface area contributed by atoms with Crippen LogP contribution in [-0.2, 0) is 6.42 Å². The molecule has 1 aromatic heterocycles. The van der Waals surface area contributed by atoms with Crippen molar-refractivity contribution in [1.29, 1.82) is 0 Å². The van der Waals surface area contributed by atoms with E-state index in [2.05, 4.69) is 9.97 Å². The van der Waals surface area contributed by atoms with Gasteiger partial charge in [-0.05, 0) is 18.6 Å². The number of hydrogen-bond donors (Lipinski definition) is 2. The molecule has 0 aliphatic heterocycles. The lowest BCUT2D eigenvalue weighted by atomic mass is 10.1. The van der Waals surface area contributed by atoms with Gasteiger partial charge < -0.3 is 10.7 Å². The van der Waals surface area contributed by atoms with Crippen LogP contribution in [0.4, 0.5) is 5.82 Å². The number of nitrogens with zero attached hydrogens (tertiary/aromatic N) is 1. The molecular formula is C13H14ClN3O. The fourth-order valence-corrected chi connectivity index (χ4v) is 2.01. The Balaban J connectivity index is 2.55. The Kier molecular flexibility index (Phi) is 3.67. The number of rotatable bonds is 3. The molecule has 0 saturated carbocycles. The first-order chi connectivity index (χ1) is 8.63. The third-order valence-corrected chi connectivity index (χ3v) is 3.01. The molecule has 2 rings (SSSR count). The number of aromatic amines is 1. The molecule has 2 aromatic rings. The van der Waals surface area contributed by atoms with Crippen LogP contribution < -0.4 is 11.3 Å². The van der Waals surface area contributed by atoms with Crippen LogP contribution >= 0.6 is 11.6 Å². The predicted molar refractivity (Wildman–Crippen MR) is 73.7 cm³/mol. The maximum atomic E-state index is 11.9. The monoisotopic (exact) mass is 263 g/mol. The van der Waals surface area contributed by atoms with Gasteiger partial charge in [-0.1, -0.05) is 37.1 Å². The summed E-state index contributed by atoms with van der Waals surface area (Å²) in [5, 5.41) is 0.531. The van der Waals surface area contributed by atoms with Crippen LogP contribution in [0.15, 0.2) is 29.1 Å². The van der Waals surface area contributed by atoms with Crippen molar-refractivity contribution in [2.75, 3.05) is 5.73 Å². The Morgan fingerprint density at radius 2 is 2.11 bits per heavy atom. The van der Waals surface area contributed by atoms with Gasteiger partial charge in [0.25, 0.3) is 5.56 Å². The number of nitrogens with one attached hydrogen (secondary N) is 1. The minimum Gasteiger partial charge on any atom is -0.383 e. The molecule has 4 nitrogen and oxygen atoms in total. The van der Waals surface area contributed by atoms with Gasteiger partial charge in [0.05, 0.1) is 10.6 Å². The third-order valence-electron chi connectivity index (χ3n) is 2.68. The van der Waals surface area contributed by atoms with E-state index in [0.29, 0.717) is 28.4 Å². The SMILES string of the molecule is CCCc1c(N)nc(-c2ccccc2Cl)[nH]c1=O. The van der Waals surface area contributed by atoms with Crippen LogP contribution in [0.2, 0.25) is 5.02 Å². The number of nitrogens with two attached hydrogens (primary N) is 1. The summed E-state index contributed by atoms with van der Waals surface area (Å²) in [6.45, 7) is 1.99. The van der Waals surface area contributed by atoms with Gasteiger partial charge in [0, 0.05) is 5.56 Å². The van der Waals surface area contributed by atoms with Crippen molar-refractivity contribution in [2.45, 2.75) is 19.8 Å². The quantitative estimate of drug-likeness (QED) is 0.894. The maximum Gasteiger partial charge on any atom is 0.256 e. The first kappa shape index (κ1) is 12.6. The molecule has 18 heavy (non-hydrogen) atoms. The van der Waals surface area contributed by atoms with Crippen LogP contribution in [0.1, 0.15) is 18.9 Å². The van der Waals surface area contributed by atoms with E-state index in [1.54, 1.807) is 12.1 Å². The van der Waals surface area contributed by atoms with E-state index in [1.807, 2.05) is 19.1 Å². The second-order valence-electron chi connectivity index (χ2n) is 4.01. The molecule has 0 saturated heterocycles. The van der Waals surface area contributed by atoms with Gasteiger partial charge in [-0.25, -0.2) is 4.98 Å². The summed E-state index contributed by atoms with van der Waals surface area (Å²) in [6, 6.07) is 7.18. The maximum absolute atomic E-state index is 11.9. The molecule has 0 unspecified atom stereocenters. The summed E-state index contributed by atoms with van der Waals surface area (Å²) in [5.41, 5.74) is 6.83. The van der Waals surface area contributed by atoms with Crippen molar-refractivity contribution in [3.8, 4) is 11.4 Å². The first-order valence-corrected chi connectivity index (χ1v) is 6.14. The van der Waals surface area contributed by atoms with Crippen LogP contribution in [0.5, 0.6) is 0 Å². The zero-order valence-electron chi connectivity index (χ0n) is 10.0. The van der Waals surface area contributed by atoms with Crippen molar-refractivity contribution >= 4 is 17.4 Å². The Morgan fingerprint density at radius 3 is 2.72 bits per heavy atom. The molecule has 0 atom stereocenters. The van der Waals surface area contributed by atoms with Crippen molar-refractivity contribution in [1.82, 2.24) is 9.97 Å². The molecule has 1 heterocycles. The van der Waals surface area contributed by atoms with Crippen LogP contribution in [-0.4, -0.2) is 9.97 Å². The van der Waals surface area contributed by atoms with Crippen molar-refractivity contribution in [3.63, 3.8) is 0 Å². The third kappa shape index (κ3) is 2.38. The second kappa shape index (κ2) is 5.23. The topological polar surface area (TPSA) is 71.8 Å². The Hall–Kier alpha value is -1.81. The summed E-state index contributed by atoms with van der Waals surface area (Å²) >= 11 is 6.06. The first-order valence-electron chi connectivity index (χ1n) is 5.77. The molecule has 0 spiro atoms. The van der Waals surface area contributed by atoms with Gasteiger partial charge in [0.15, 0.2) is 0 Å². The molecule has 94 valence electrons. The molecule has 0 bridgehead atoms. The van der Waals surface area contributed by atoms with E-state index in [0.717, 1.165) is 6.42 Å². The Bertz CT molecular complexity index is 622. The standard InChI is InChI=1S/C13H14ClN3O/c1-2-5-9-11(15)16-12(17-13(9)18)8-6-3-4-7-10(8)14/h3-4,6-7H,2,5H2,1H3,(H3,15,16,17,18). The normalized spacial score (nSPS) is 10.6. The van der Waals surface area contributed by atoms with Crippen molar-refractivity contribution in [2.24, 2.45) is 0 Å². The summed E-state index contributed by atoms with van der Waals surface area (Å²) in [5.74, 6) is 0.679. The van der Waals surface area contributed by atoms with E-state index in [-0.39, 0.29) is 11.4 Å². The number of benzene rings is 1. The predicted octanol–water partition coefficient (Wildman–Crippen LogP) is 2.62. The van der Waals surface area contributed by atoms with Gasteiger partial charge in [-0.3, -0.25) is 4.79 Å². The minimum atomic E-state index is -0.195. The fraction of sp³-hybridized carbons (Fsp3) is 0.231. The van der Waals surface area contributed by atoms with E-state index in [9.17, 15) is 4.79 Å². The van der Waals surface area contributed by atoms with Gasteiger partial charge >= 0.3 is 0 Å². The summed E-state index contributed by atoms with van der Waals surface area (Å²) in [7, 11) is 0. The average molecular weight is 264 g/mol. The zero-order chi connectivity index (χ0) is 13.1. The van der Waals surface area contributed by atoms with Gasteiger partial charge in [0.1, 0.15) is 11.6 Å². The largest absolute Gasteiger partial charge is 0.383 e. The molecule has 0 aliphatic rings. The number of anilines is 1. The van der Waals surface area contributed by atoms with Gasteiger partial charge in [-0.15, -0.1) is 0 Å². The van der Waals surface area contributed by atoms with E-state index in [1.165, 1.54) is 0 Å². The molecule has 5 heteroatoms. The lowest BCUT2D eigenvalue weighted by Crippen LogP contribution is -2.18. The molecule has 0 fully saturated rings. The summed E-state index contributed by atoms with van der Waals surface area (Å²) in [4.78, 5) is 18.9. The average Bonchev–Trinajstić information content (AvgIpc) is 2.34. The lowest BCUT2D eigenvalue weighted by Gasteiger charge is -2.07. The summed E-state index contributed by atoms with van der Waals surface area (Å²) < 4.78 is 0. The molecule has 0 aliphatic carbocycles. The van der Waals surface area contributed by atoms with Gasteiger partial charge in [-0.2, -0.15) is 0 Å². The zero-order valence-corrected chi connectivity index (χ0v) is 10.8. The fourth-order valence-electron chi connectivity index (χ4n) is 1.79. The Morgan fingerprint density at radius 1 is 1.39 bits per heavy atom. The highest BCUT2D eigenvalue weighted by molar-refractivity contribution is 6.33. The van der Waals surface area contributed by atoms with E-state index >= 15 is 0 Å². The molecule has 0 radical (unpaired) electrons. The highest BCUT2D eigenvalue weighted by atomic mass is 35.5. The minimum absolute atomic E-state index is 0.195. The van der Waals surface area contributed by atoms with Crippen molar-refractivity contribution < 1.29 is 0 Å². The number of aromatic nitrogens is 2.